The van der Waals surface area contributed by atoms with Crippen LogP contribution < -0.4 is 16.0 Å². The van der Waals surface area contributed by atoms with E-state index in [-0.39, 0.29) is 30.7 Å². The predicted molar refractivity (Wildman–Crippen MR) is 112 cm³/mol. The Balaban J connectivity index is 0.00000169. The van der Waals surface area contributed by atoms with Gasteiger partial charge in [-0.1, -0.05) is 48.5 Å². The number of benzene rings is 2. The lowest BCUT2D eigenvalue weighted by Crippen LogP contribution is -2.49. The molecule has 1 amide bonds. The summed E-state index contributed by atoms with van der Waals surface area (Å²) < 4.78 is 0. The minimum absolute atomic E-state index is 0. The van der Waals surface area contributed by atoms with E-state index in [0.29, 0.717) is 6.54 Å². The lowest BCUT2D eigenvalue weighted by atomic mass is 9.92. The van der Waals surface area contributed by atoms with E-state index in [1.54, 1.807) is 6.92 Å². The zero-order chi connectivity index (χ0) is 17.0. The first kappa shape index (κ1) is 22.3. The number of hydrogen-bond donors (Lipinski definition) is 2. The van der Waals surface area contributed by atoms with Gasteiger partial charge in [-0.05, 0) is 37.0 Å². The number of amides is 1. The molecule has 0 radical (unpaired) electrons. The van der Waals surface area contributed by atoms with Crippen molar-refractivity contribution in [1.29, 1.82) is 0 Å². The van der Waals surface area contributed by atoms with Crippen LogP contribution in [0.4, 0.5) is 5.69 Å². The molecule has 1 heterocycles. The lowest BCUT2D eigenvalue weighted by molar-refractivity contribution is -0.126. The number of carbonyl (C=O) groups is 1. The van der Waals surface area contributed by atoms with Crippen molar-refractivity contribution in [3.63, 3.8) is 0 Å². The van der Waals surface area contributed by atoms with Gasteiger partial charge >= 0.3 is 0 Å². The maximum atomic E-state index is 12.4. The van der Waals surface area contributed by atoms with Crippen molar-refractivity contribution in [2.24, 2.45) is 5.73 Å². The number of halogens is 2. The minimum Gasteiger partial charge on any atom is -0.371 e. The summed E-state index contributed by atoms with van der Waals surface area (Å²) in [5.41, 5.74) is 8.80. The van der Waals surface area contributed by atoms with Crippen molar-refractivity contribution in [2.75, 3.05) is 24.5 Å². The van der Waals surface area contributed by atoms with Crippen LogP contribution in [0.2, 0.25) is 0 Å². The Bertz CT molecular complexity index is 707. The van der Waals surface area contributed by atoms with Crippen LogP contribution in [0.25, 0.3) is 0 Å². The van der Waals surface area contributed by atoms with Gasteiger partial charge in [0.15, 0.2) is 0 Å². The van der Waals surface area contributed by atoms with Crippen LogP contribution in [-0.2, 0) is 16.8 Å². The molecule has 0 fully saturated rings. The Hall–Kier alpha value is -1.75. The second-order valence-electron chi connectivity index (χ2n) is 6.54. The SMILES string of the molecule is CC(N)(C(=O)NCCCN1CCc2ccccc21)c1ccccc1.Cl.Cl. The predicted octanol–water partition coefficient (Wildman–Crippen LogP) is 3.27. The summed E-state index contributed by atoms with van der Waals surface area (Å²) >= 11 is 0. The van der Waals surface area contributed by atoms with Gasteiger partial charge in [0.1, 0.15) is 5.54 Å². The van der Waals surface area contributed by atoms with Gasteiger partial charge in [-0.2, -0.15) is 0 Å². The normalized spacial score (nSPS) is 14.5. The van der Waals surface area contributed by atoms with Gasteiger partial charge in [-0.15, -0.1) is 24.8 Å². The van der Waals surface area contributed by atoms with Gasteiger partial charge < -0.3 is 16.0 Å². The van der Waals surface area contributed by atoms with Crippen molar-refractivity contribution < 1.29 is 4.79 Å². The zero-order valence-corrected chi connectivity index (χ0v) is 16.6. The Morgan fingerprint density at radius 1 is 1.12 bits per heavy atom. The third-order valence-electron chi connectivity index (χ3n) is 4.72. The monoisotopic (exact) mass is 395 g/mol. The largest absolute Gasteiger partial charge is 0.371 e. The number of carbonyl (C=O) groups excluding carboxylic acids is 1. The summed E-state index contributed by atoms with van der Waals surface area (Å²) in [6, 6.07) is 18.0. The molecule has 3 N–H and O–H groups in total. The second kappa shape index (κ2) is 9.81. The number of rotatable bonds is 6. The molecular formula is C20H27Cl2N3O. The van der Waals surface area contributed by atoms with E-state index in [4.69, 9.17) is 5.73 Å². The summed E-state index contributed by atoms with van der Waals surface area (Å²) in [6.45, 7) is 4.40. The molecule has 4 nitrogen and oxygen atoms in total. The molecule has 0 aliphatic carbocycles. The minimum atomic E-state index is -0.999. The third-order valence-corrected chi connectivity index (χ3v) is 4.72. The molecule has 0 saturated heterocycles. The van der Waals surface area contributed by atoms with E-state index < -0.39 is 5.54 Å². The van der Waals surface area contributed by atoms with Crippen LogP contribution in [0.3, 0.4) is 0 Å². The Morgan fingerprint density at radius 3 is 2.50 bits per heavy atom. The van der Waals surface area contributed by atoms with Crippen molar-refractivity contribution >= 4 is 36.4 Å². The summed E-state index contributed by atoms with van der Waals surface area (Å²) in [5.74, 6) is -0.129. The van der Waals surface area contributed by atoms with Crippen molar-refractivity contribution in [2.45, 2.75) is 25.3 Å². The molecule has 26 heavy (non-hydrogen) atoms. The maximum Gasteiger partial charge on any atom is 0.244 e. The van der Waals surface area contributed by atoms with Crippen LogP contribution in [-0.4, -0.2) is 25.5 Å². The summed E-state index contributed by atoms with van der Waals surface area (Å²) in [6.07, 6.45) is 2.02. The second-order valence-corrected chi connectivity index (χ2v) is 6.54. The zero-order valence-electron chi connectivity index (χ0n) is 15.0. The van der Waals surface area contributed by atoms with Crippen molar-refractivity contribution in [3.8, 4) is 0 Å². The Labute approximate surface area is 168 Å². The molecule has 1 aliphatic heterocycles. The molecule has 2 aromatic rings. The molecule has 2 aromatic carbocycles. The number of fused-ring (bicyclic) bond motifs is 1. The average molecular weight is 396 g/mol. The van der Waals surface area contributed by atoms with E-state index >= 15 is 0 Å². The Kier molecular flexibility index (Phi) is 8.41. The highest BCUT2D eigenvalue weighted by atomic mass is 35.5. The lowest BCUT2D eigenvalue weighted by Gasteiger charge is -2.25. The third kappa shape index (κ3) is 4.91. The molecular weight excluding hydrogens is 369 g/mol. The molecule has 142 valence electrons. The van der Waals surface area contributed by atoms with Gasteiger partial charge in [-0.25, -0.2) is 0 Å². The van der Waals surface area contributed by atoms with Gasteiger partial charge in [0.25, 0.3) is 0 Å². The number of para-hydroxylation sites is 1. The van der Waals surface area contributed by atoms with E-state index in [1.807, 2.05) is 30.3 Å². The number of nitrogens with one attached hydrogen (secondary N) is 1. The molecule has 1 unspecified atom stereocenters. The molecule has 0 spiro atoms. The molecule has 0 aromatic heterocycles. The molecule has 0 saturated carbocycles. The first-order valence-electron chi connectivity index (χ1n) is 8.54. The van der Waals surface area contributed by atoms with Crippen molar-refractivity contribution in [3.05, 3.63) is 65.7 Å². The standard InChI is InChI=1S/C20H25N3O.2ClH/c1-20(21,17-9-3-2-4-10-17)19(24)22-13-7-14-23-15-12-16-8-5-6-11-18(16)23;;/h2-6,8-11H,7,12-15,21H2,1H3,(H,22,24);2*1H. The van der Waals surface area contributed by atoms with E-state index in [9.17, 15) is 4.79 Å². The summed E-state index contributed by atoms with van der Waals surface area (Å²) in [4.78, 5) is 14.8. The van der Waals surface area contributed by atoms with Gasteiger partial charge in [0, 0.05) is 25.3 Å². The molecule has 1 aliphatic rings. The fraction of sp³-hybridized carbons (Fsp3) is 0.350. The van der Waals surface area contributed by atoms with Crippen molar-refractivity contribution in [1.82, 2.24) is 5.32 Å². The smallest absolute Gasteiger partial charge is 0.244 e. The highest BCUT2D eigenvalue weighted by Gasteiger charge is 2.29. The number of hydrogen-bond acceptors (Lipinski definition) is 3. The highest BCUT2D eigenvalue weighted by molar-refractivity contribution is 5.87. The van der Waals surface area contributed by atoms with Gasteiger partial charge in [0.2, 0.25) is 5.91 Å². The number of nitrogens with two attached hydrogens (primary N) is 1. The maximum absolute atomic E-state index is 12.4. The van der Waals surface area contributed by atoms with E-state index in [0.717, 1.165) is 31.5 Å². The van der Waals surface area contributed by atoms with Crippen LogP contribution in [0.1, 0.15) is 24.5 Å². The topological polar surface area (TPSA) is 58.4 Å². The van der Waals surface area contributed by atoms with Crippen LogP contribution in [0, 0.1) is 0 Å². The molecule has 6 heteroatoms. The fourth-order valence-electron chi connectivity index (χ4n) is 3.21. The first-order chi connectivity index (χ1) is 11.6. The van der Waals surface area contributed by atoms with Crippen LogP contribution in [0.5, 0.6) is 0 Å². The number of anilines is 1. The quantitative estimate of drug-likeness (QED) is 0.737. The van der Waals surface area contributed by atoms with Gasteiger partial charge in [-0.3, -0.25) is 4.79 Å². The average Bonchev–Trinajstić information content (AvgIpc) is 3.02. The molecule has 0 bridgehead atoms. The summed E-state index contributed by atoms with van der Waals surface area (Å²) in [5, 5.41) is 2.98. The summed E-state index contributed by atoms with van der Waals surface area (Å²) in [7, 11) is 0. The molecule has 1 atom stereocenters. The van der Waals surface area contributed by atoms with Gasteiger partial charge in [0.05, 0.1) is 0 Å². The fourth-order valence-corrected chi connectivity index (χ4v) is 3.21. The van der Waals surface area contributed by atoms with Crippen LogP contribution in [0.15, 0.2) is 54.6 Å². The van der Waals surface area contributed by atoms with E-state index in [1.165, 1.54) is 11.3 Å². The Morgan fingerprint density at radius 2 is 1.77 bits per heavy atom. The molecule has 3 rings (SSSR count). The van der Waals surface area contributed by atoms with Crippen LogP contribution >= 0.6 is 24.8 Å². The first-order valence-corrected chi connectivity index (χ1v) is 8.54. The number of nitrogens with zero attached hydrogens (tertiary/aromatic N) is 1. The van der Waals surface area contributed by atoms with E-state index in [2.05, 4.69) is 34.5 Å². The highest BCUT2D eigenvalue weighted by Crippen LogP contribution is 2.27.